The first kappa shape index (κ1) is 18.8. The maximum Gasteiger partial charge on any atom is 0.316 e. The van der Waals surface area contributed by atoms with E-state index in [4.69, 9.17) is 13.9 Å². The zero-order valence-electron chi connectivity index (χ0n) is 16.6. The van der Waals surface area contributed by atoms with Crippen LogP contribution in [0, 0.1) is 12.7 Å². The molecule has 154 valence electrons. The molecule has 1 N–H and O–H groups in total. The Morgan fingerprint density at radius 3 is 2.55 bits per heavy atom. The van der Waals surface area contributed by atoms with Gasteiger partial charge in [-0.15, -0.1) is 5.10 Å². The van der Waals surface area contributed by atoms with Crippen LogP contribution >= 0.6 is 0 Å². The van der Waals surface area contributed by atoms with Crippen molar-refractivity contribution >= 4 is 6.01 Å². The number of rotatable bonds is 6. The maximum atomic E-state index is 13.4. The van der Waals surface area contributed by atoms with Gasteiger partial charge in [-0.25, -0.2) is 9.07 Å². The summed E-state index contributed by atoms with van der Waals surface area (Å²) >= 11 is 0. The molecule has 0 atom stereocenters. The van der Waals surface area contributed by atoms with Gasteiger partial charge in [0.25, 0.3) is 5.89 Å². The minimum absolute atomic E-state index is 0.285. The van der Waals surface area contributed by atoms with Crippen LogP contribution in [0.4, 0.5) is 10.4 Å². The summed E-state index contributed by atoms with van der Waals surface area (Å²) in [6.45, 7) is 2.23. The van der Waals surface area contributed by atoms with E-state index in [9.17, 15) is 4.39 Å². The fraction of sp³-hybridized carbons (Fsp3) is 0.0870. The van der Waals surface area contributed by atoms with E-state index in [-0.39, 0.29) is 11.8 Å². The second-order valence-electron chi connectivity index (χ2n) is 6.95. The number of hydrogen-bond acceptors (Lipinski definition) is 6. The topological polar surface area (TPSA) is 81.9 Å². The molecule has 5 aromatic rings. The number of furan rings is 1. The van der Waals surface area contributed by atoms with Crippen molar-refractivity contribution in [3.05, 3.63) is 90.3 Å². The molecule has 0 bridgehead atoms. The summed E-state index contributed by atoms with van der Waals surface area (Å²) in [6.07, 6.45) is 3.51. The first-order valence-electron chi connectivity index (χ1n) is 9.69. The second-order valence-corrected chi connectivity index (χ2v) is 6.95. The van der Waals surface area contributed by atoms with Crippen LogP contribution in [0.2, 0.25) is 0 Å². The lowest BCUT2D eigenvalue weighted by Gasteiger charge is -2.03. The quantitative estimate of drug-likeness (QED) is 0.408. The van der Waals surface area contributed by atoms with E-state index in [0.29, 0.717) is 18.2 Å². The first-order valence-corrected chi connectivity index (χ1v) is 9.69. The van der Waals surface area contributed by atoms with Crippen molar-refractivity contribution in [1.29, 1.82) is 0 Å². The number of para-hydroxylation sites is 1. The van der Waals surface area contributed by atoms with Crippen LogP contribution in [0.15, 0.2) is 82.0 Å². The number of hydrogen-bond donors (Lipinski definition) is 1. The maximum absolute atomic E-state index is 13.4. The van der Waals surface area contributed by atoms with Crippen LogP contribution < -0.4 is 5.32 Å². The van der Waals surface area contributed by atoms with Gasteiger partial charge in [-0.05, 0) is 49.4 Å². The largest absolute Gasteiger partial charge is 0.469 e. The minimum atomic E-state index is -0.293. The van der Waals surface area contributed by atoms with Crippen LogP contribution in [0.3, 0.4) is 0 Å². The van der Waals surface area contributed by atoms with Crippen LogP contribution in [0.25, 0.3) is 28.4 Å². The standard InChI is InChI=1S/C23H18FN5O2/c1-15-20(11-12-30-15)22-26-27-23(31-22)25-13-17-14-29(19-5-3-2-4-6-19)28-21(17)16-7-9-18(24)10-8-16/h2-12,14H,13H2,1H3,(H,25,27). The van der Waals surface area contributed by atoms with Crippen molar-refractivity contribution < 1.29 is 13.2 Å². The summed E-state index contributed by atoms with van der Waals surface area (Å²) in [5.74, 6) is 0.796. The van der Waals surface area contributed by atoms with E-state index < -0.39 is 0 Å². The fourth-order valence-electron chi connectivity index (χ4n) is 3.28. The van der Waals surface area contributed by atoms with Crippen LogP contribution in [-0.2, 0) is 6.54 Å². The highest BCUT2D eigenvalue weighted by Gasteiger charge is 2.16. The Morgan fingerprint density at radius 2 is 1.81 bits per heavy atom. The van der Waals surface area contributed by atoms with Gasteiger partial charge in [0.15, 0.2) is 0 Å². The second kappa shape index (κ2) is 7.91. The lowest BCUT2D eigenvalue weighted by Crippen LogP contribution is -2.00. The SMILES string of the molecule is Cc1occc1-c1nnc(NCc2cn(-c3ccccc3)nc2-c2ccc(F)cc2)o1. The normalized spacial score (nSPS) is 11.0. The van der Waals surface area contributed by atoms with Crippen molar-refractivity contribution in [2.75, 3.05) is 5.32 Å². The van der Waals surface area contributed by atoms with Gasteiger partial charge >= 0.3 is 6.01 Å². The first-order chi connectivity index (χ1) is 15.2. The molecule has 0 amide bonds. The number of anilines is 1. The van der Waals surface area contributed by atoms with Crippen molar-refractivity contribution in [3.63, 3.8) is 0 Å². The molecule has 5 rings (SSSR count). The molecule has 3 aromatic heterocycles. The van der Waals surface area contributed by atoms with E-state index in [0.717, 1.165) is 28.1 Å². The van der Waals surface area contributed by atoms with E-state index >= 15 is 0 Å². The predicted octanol–water partition coefficient (Wildman–Crippen LogP) is 5.24. The third-order valence-electron chi connectivity index (χ3n) is 4.87. The van der Waals surface area contributed by atoms with E-state index in [1.165, 1.54) is 12.1 Å². The molecule has 3 heterocycles. The Labute approximate surface area is 177 Å². The highest BCUT2D eigenvalue weighted by molar-refractivity contribution is 5.63. The molecular formula is C23H18FN5O2. The molecule has 0 unspecified atom stereocenters. The Hall–Kier alpha value is -4.20. The fourth-order valence-corrected chi connectivity index (χ4v) is 3.28. The Morgan fingerprint density at radius 1 is 1.00 bits per heavy atom. The van der Waals surface area contributed by atoms with Crippen LogP contribution in [0.5, 0.6) is 0 Å². The molecule has 0 radical (unpaired) electrons. The summed E-state index contributed by atoms with van der Waals surface area (Å²) in [5.41, 5.74) is 4.13. The minimum Gasteiger partial charge on any atom is -0.469 e. The summed E-state index contributed by atoms with van der Waals surface area (Å²) in [7, 11) is 0. The molecule has 31 heavy (non-hydrogen) atoms. The third-order valence-corrected chi connectivity index (χ3v) is 4.87. The van der Waals surface area contributed by atoms with E-state index in [1.807, 2.05) is 43.5 Å². The summed E-state index contributed by atoms with van der Waals surface area (Å²) < 4.78 is 26.2. The zero-order valence-corrected chi connectivity index (χ0v) is 16.6. The molecule has 0 fully saturated rings. The molecule has 0 saturated carbocycles. The number of aromatic nitrogens is 4. The molecule has 8 heteroatoms. The lowest BCUT2D eigenvalue weighted by molar-refractivity contribution is 0.530. The highest BCUT2D eigenvalue weighted by Crippen LogP contribution is 2.27. The van der Waals surface area contributed by atoms with Crippen molar-refractivity contribution in [3.8, 4) is 28.4 Å². The average Bonchev–Trinajstić information content (AvgIpc) is 3.53. The molecule has 0 aliphatic heterocycles. The predicted molar refractivity (Wildman–Crippen MR) is 113 cm³/mol. The van der Waals surface area contributed by atoms with E-state index in [1.54, 1.807) is 29.1 Å². The molecule has 2 aromatic carbocycles. The average molecular weight is 415 g/mol. The molecule has 0 spiro atoms. The van der Waals surface area contributed by atoms with Gasteiger partial charge in [-0.2, -0.15) is 5.10 Å². The lowest BCUT2D eigenvalue weighted by atomic mass is 10.1. The molecular weight excluding hydrogens is 397 g/mol. The monoisotopic (exact) mass is 415 g/mol. The van der Waals surface area contributed by atoms with Crippen LogP contribution in [-0.4, -0.2) is 20.0 Å². The zero-order chi connectivity index (χ0) is 21.2. The molecule has 7 nitrogen and oxygen atoms in total. The van der Waals surface area contributed by atoms with Crippen LogP contribution in [0.1, 0.15) is 11.3 Å². The van der Waals surface area contributed by atoms with Gasteiger partial charge in [-0.3, -0.25) is 0 Å². The van der Waals surface area contributed by atoms with Gasteiger partial charge in [0.1, 0.15) is 11.6 Å². The van der Waals surface area contributed by atoms with E-state index in [2.05, 4.69) is 15.5 Å². The third kappa shape index (κ3) is 3.83. The number of nitrogens with one attached hydrogen (secondary N) is 1. The smallest absolute Gasteiger partial charge is 0.316 e. The van der Waals surface area contributed by atoms with Gasteiger partial charge in [0.2, 0.25) is 0 Å². The van der Waals surface area contributed by atoms with Gasteiger partial charge in [0, 0.05) is 23.9 Å². The number of halogens is 1. The molecule has 0 aliphatic rings. The van der Waals surface area contributed by atoms with Crippen molar-refractivity contribution in [2.24, 2.45) is 0 Å². The van der Waals surface area contributed by atoms with Gasteiger partial charge < -0.3 is 14.2 Å². The number of benzene rings is 2. The summed E-state index contributed by atoms with van der Waals surface area (Å²) in [6, 6.07) is 18.1. The number of nitrogens with zero attached hydrogens (tertiary/aromatic N) is 4. The van der Waals surface area contributed by atoms with Crippen molar-refractivity contribution in [2.45, 2.75) is 13.5 Å². The number of aryl methyl sites for hydroxylation is 1. The van der Waals surface area contributed by atoms with Gasteiger partial charge in [0.05, 0.1) is 23.2 Å². The van der Waals surface area contributed by atoms with Crippen molar-refractivity contribution in [1.82, 2.24) is 20.0 Å². The van der Waals surface area contributed by atoms with Gasteiger partial charge in [-0.1, -0.05) is 23.3 Å². The Balaban J connectivity index is 1.44. The Kier molecular flexibility index (Phi) is 4.80. The summed E-state index contributed by atoms with van der Waals surface area (Å²) in [5, 5.41) is 16.0. The highest BCUT2D eigenvalue weighted by atomic mass is 19.1. The molecule has 0 saturated heterocycles. The Bertz CT molecular complexity index is 1310. The summed E-state index contributed by atoms with van der Waals surface area (Å²) in [4.78, 5) is 0. The molecule has 0 aliphatic carbocycles.